The molecular formula is C33H37FN2O2S. The highest BCUT2D eigenvalue weighted by Gasteiger charge is 2.17. The normalized spacial score (nSPS) is 10.6. The Morgan fingerprint density at radius 3 is 1.92 bits per heavy atom. The maximum Gasteiger partial charge on any atom is 0.253 e. The lowest BCUT2D eigenvalue weighted by Gasteiger charge is -2.25. The van der Waals surface area contributed by atoms with Crippen molar-refractivity contribution in [3.05, 3.63) is 132 Å². The smallest absolute Gasteiger partial charge is 0.253 e. The minimum Gasteiger partial charge on any atom is -0.339 e. The molecule has 0 fully saturated rings. The highest BCUT2D eigenvalue weighted by molar-refractivity contribution is 7.98. The van der Waals surface area contributed by atoms with E-state index in [1.165, 1.54) is 40.3 Å². The summed E-state index contributed by atoms with van der Waals surface area (Å²) in [7, 11) is 1.78. The predicted octanol–water partition coefficient (Wildman–Crippen LogP) is 8.10. The summed E-state index contributed by atoms with van der Waals surface area (Å²) in [6, 6.07) is 34.0. The zero-order valence-corrected chi connectivity index (χ0v) is 23.8. The lowest BCUT2D eigenvalue weighted by atomic mass is 10.1. The van der Waals surface area contributed by atoms with E-state index in [2.05, 4.69) is 17.4 Å². The van der Waals surface area contributed by atoms with Crippen LogP contribution in [0.2, 0.25) is 0 Å². The van der Waals surface area contributed by atoms with Gasteiger partial charge in [-0.2, -0.15) is 0 Å². The molecule has 0 aromatic heterocycles. The van der Waals surface area contributed by atoms with Gasteiger partial charge in [0.2, 0.25) is 6.41 Å². The molecule has 0 saturated carbocycles. The van der Waals surface area contributed by atoms with E-state index in [1.807, 2.05) is 93.6 Å². The molecule has 0 aliphatic heterocycles. The van der Waals surface area contributed by atoms with Crippen LogP contribution in [-0.2, 0) is 17.0 Å². The highest BCUT2D eigenvalue weighted by atomic mass is 32.2. The number of benzene rings is 4. The first-order valence-electron chi connectivity index (χ1n) is 13.0. The van der Waals surface area contributed by atoms with Gasteiger partial charge in [0.1, 0.15) is 5.82 Å². The van der Waals surface area contributed by atoms with E-state index >= 15 is 0 Å². The Balaban J connectivity index is 0.000000260. The Kier molecular flexibility index (Phi) is 14.1. The molecule has 0 spiro atoms. The Hall–Kier alpha value is -3.90. The van der Waals surface area contributed by atoms with Crippen LogP contribution in [0.15, 0.2) is 114 Å². The van der Waals surface area contributed by atoms with E-state index in [0.717, 1.165) is 17.9 Å². The maximum absolute atomic E-state index is 12.9. The van der Waals surface area contributed by atoms with Crippen molar-refractivity contribution in [2.45, 2.75) is 43.9 Å². The first-order valence-corrected chi connectivity index (χ1v) is 14.0. The molecule has 0 saturated heterocycles. The number of nitrogens with zero attached hydrogens (tertiary/aromatic N) is 1. The maximum atomic E-state index is 12.9. The predicted molar refractivity (Wildman–Crippen MR) is 162 cm³/mol. The van der Waals surface area contributed by atoms with E-state index in [9.17, 15) is 14.0 Å². The Morgan fingerprint density at radius 1 is 0.846 bits per heavy atom. The van der Waals surface area contributed by atoms with Crippen LogP contribution >= 0.6 is 11.8 Å². The second kappa shape index (κ2) is 17.6. The van der Waals surface area contributed by atoms with Crippen LogP contribution in [0.4, 0.5) is 10.1 Å². The summed E-state index contributed by atoms with van der Waals surface area (Å²) >= 11 is 1.78. The number of likely N-dealkylation sites (N-methyl/N-ethyl adjacent to an activating group) is 1. The van der Waals surface area contributed by atoms with Crippen LogP contribution in [0.3, 0.4) is 0 Å². The number of hydrogen-bond acceptors (Lipinski definition) is 3. The fraction of sp³-hybridized carbons (Fsp3) is 0.212. The van der Waals surface area contributed by atoms with Crippen molar-refractivity contribution < 1.29 is 14.0 Å². The number of anilines is 1. The van der Waals surface area contributed by atoms with E-state index in [4.69, 9.17) is 0 Å². The van der Waals surface area contributed by atoms with Crippen LogP contribution < -0.4 is 5.32 Å². The lowest BCUT2D eigenvalue weighted by molar-refractivity contribution is -0.105. The molecule has 4 aromatic rings. The van der Waals surface area contributed by atoms with Crippen molar-refractivity contribution >= 4 is 29.8 Å². The van der Waals surface area contributed by atoms with Crippen LogP contribution in [-0.4, -0.2) is 30.3 Å². The third-order valence-electron chi connectivity index (χ3n) is 5.77. The van der Waals surface area contributed by atoms with Gasteiger partial charge in [-0.1, -0.05) is 74.5 Å². The zero-order valence-electron chi connectivity index (χ0n) is 23.0. The van der Waals surface area contributed by atoms with Gasteiger partial charge in [-0.05, 0) is 73.0 Å². The van der Waals surface area contributed by atoms with E-state index < -0.39 is 0 Å². The monoisotopic (exact) mass is 544 g/mol. The summed E-state index contributed by atoms with van der Waals surface area (Å²) in [4.78, 5) is 25.4. The Labute approximate surface area is 236 Å². The molecule has 6 heteroatoms. The Morgan fingerprint density at radius 2 is 1.38 bits per heavy atom. The van der Waals surface area contributed by atoms with Gasteiger partial charge in [0.15, 0.2) is 0 Å². The van der Waals surface area contributed by atoms with Gasteiger partial charge in [0.05, 0.1) is 0 Å². The third kappa shape index (κ3) is 11.2. The fourth-order valence-electron chi connectivity index (χ4n) is 3.54. The Bertz CT molecular complexity index is 1230. The number of rotatable bonds is 9. The number of carbonyl (C=O) groups is 2. The molecule has 2 amide bonds. The zero-order chi connectivity index (χ0) is 28.5. The average molecular weight is 545 g/mol. The quantitative estimate of drug-likeness (QED) is 0.171. The van der Waals surface area contributed by atoms with Crippen LogP contribution in [0.25, 0.3) is 0 Å². The van der Waals surface area contributed by atoms with Gasteiger partial charge >= 0.3 is 0 Å². The minimum absolute atomic E-state index is 0.0787. The van der Waals surface area contributed by atoms with Gasteiger partial charge in [-0.15, -0.1) is 11.8 Å². The molecule has 4 rings (SSSR count). The lowest BCUT2D eigenvalue weighted by Crippen LogP contribution is -2.36. The summed E-state index contributed by atoms with van der Waals surface area (Å²) in [6.07, 6.45) is 1.48. The standard InChI is InChI=1S/C17H18FNO.C14H13NOS.C2H6/c1-13(12-14-6-4-3-5-7-14)19(2)17(20)15-8-10-16(18)11-9-15;16-11-15-13-6-8-14(9-7-13)17-10-12-4-2-1-3-5-12;1-2/h3-11,13H,12H2,1-2H3;1-9,11H,10H2,(H,15,16);1-2H3. The molecule has 0 aliphatic carbocycles. The molecule has 0 bridgehead atoms. The van der Waals surface area contributed by atoms with Crippen LogP contribution in [0, 0.1) is 5.82 Å². The van der Waals surface area contributed by atoms with Crippen LogP contribution in [0.5, 0.6) is 0 Å². The van der Waals surface area contributed by atoms with Crippen molar-refractivity contribution in [3.63, 3.8) is 0 Å². The van der Waals surface area contributed by atoms with E-state index in [-0.39, 0.29) is 17.8 Å². The van der Waals surface area contributed by atoms with Gasteiger partial charge in [0, 0.05) is 35.0 Å². The molecule has 39 heavy (non-hydrogen) atoms. The summed E-state index contributed by atoms with van der Waals surface area (Å²) in [6.45, 7) is 6.01. The van der Waals surface area contributed by atoms with Gasteiger partial charge in [-0.3, -0.25) is 9.59 Å². The first kappa shape index (κ1) is 31.3. The number of halogens is 1. The van der Waals surface area contributed by atoms with Crippen molar-refractivity contribution in [2.24, 2.45) is 0 Å². The molecule has 4 aromatic carbocycles. The molecule has 1 N–H and O–H groups in total. The van der Waals surface area contributed by atoms with Gasteiger partial charge in [-0.25, -0.2) is 4.39 Å². The summed E-state index contributed by atoms with van der Waals surface area (Å²) < 4.78 is 12.9. The molecule has 1 atom stereocenters. The second-order valence-electron chi connectivity index (χ2n) is 8.52. The number of carbonyl (C=O) groups excluding carboxylic acids is 2. The van der Waals surface area contributed by atoms with E-state index in [1.54, 1.807) is 23.7 Å². The molecule has 204 valence electrons. The largest absolute Gasteiger partial charge is 0.339 e. The van der Waals surface area contributed by atoms with Crippen molar-refractivity contribution in [3.8, 4) is 0 Å². The molecular weight excluding hydrogens is 507 g/mol. The highest BCUT2D eigenvalue weighted by Crippen LogP contribution is 2.24. The van der Waals surface area contributed by atoms with Crippen molar-refractivity contribution in [1.29, 1.82) is 0 Å². The topological polar surface area (TPSA) is 49.4 Å². The summed E-state index contributed by atoms with van der Waals surface area (Å²) in [5.74, 6) is 0.538. The van der Waals surface area contributed by atoms with Crippen molar-refractivity contribution in [2.75, 3.05) is 12.4 Å². The number of thioether (sulfide) groups is 1. The van der Waals surface area contributed by atoms with Gasteiger partial charge < -0.3 is 10.2 Å². The third-order valence-corrected chi connectivity index (χ3v) is 6.86. The summed E-state index contributed by atoms with van der Waals surface area (Å²) in [5, 5.41) is 2.62. The number of amides is 2. The van der Waals surface area contributed by atoms with Gasteiger partial charge in [0.25, 0.3) is 5.91 Å². The fourth-order valence-corrected chi connectivity index (χ4v) is 4.40. The SMILES string of the molecule is CC.CC(Cc1ccccc1)N(C)C(=O)c1ccc(F)cc1.O=CNc1ccc(SCc2ccccc2)cc1. The number of nitrogens with one attached hydrogen (secondary N) is 1. The van der Waals surface area contributed by atoms with Crippen LogP contribution in [0.1, 0.15) is 42.3 Å². The molecule has 0 aliphatic rings. The molecule has 1 unspecified atom stereocenters. The van der Waals surface area contributed by atoms with E-state index in [0.29, 0.717) is 12.0 Å². The van der Waals surface area contributed by atoms with Crippen molar-refractivity contribution in [1.82, 2.24) is 4.90 Å². The second-order valence-corrected chi connectivity index (χ2v) is 9.57. The number of hydrogen-bond donors (Lipinski definition) is 1. The molecule has 0 heterocycles. The average Bonchev–Trinajstić information content (AvgIpc) is 2.99. The minimum atomic E-state index is -0.332. The molecule has 4 nitrogen and oxygen atoms in total. The molecule has 0 radical (unpaired) electrons. The first-order chi connectivity index (χ1) is 19.0. The summed E-state index contributed by atoms with van der Waals surface area (Å²) in [5.41, 5.74) is 3.84.